The molecule has 0 fully saturated rings. The number of carboxylic acid groups (broad SMARTS) is 1. The number of ether oxygens (including phenoxy) is 1. The largest absolute Gasteiger partial charge is 0.507 e. The minimum atomic E-state index is -3.58. The number of carboxylic acids is 1. The number of rotatable bonds is 6. The highest BCUT2D eigenvalue weighted by atomic mass is 32.2. The van der Waals surface area contributed by atoms with Crippen molar-refractivity contribution < 1.29 is 28.2 Å². The third-order valence-electron chi connectivity index (χ3n) is 3.90. The van der Waals surface area contributed by atoms with Gasteiger partial charge in [0.25, 0.3) is 0 Å². The predicted molar refractivity (Wildman–Crippen MR) is 96.6 cm³/mol. The summed E-state index contributed by atoms with van der Waals surface area (Å²) >= 11 is 0. The van der Waals surface area contributed by atoms with Gasteiger partial charge in [-0.15, -0.1) is 0 Å². The van der Waals surface area contributed by atoms with E-state index in [4.69, 9.17) is 9.84 Å². The smallest absolute Gasteiger partial charge is 0.339 e. The third kappa shape index (κ3) is 3.62. The van der Waals surface area contributed by atoms with Crippen molar-refractivity contribution in [2.75, 3.05) is 12.4 Å². The average Bonchev–Trinajstić information content (AvgIpc) is 2.62. The molecule has 26 heavy (non-hydrogen) atoms. The summed E-state index contributed by atoms with van der Waals surface area (Å²) in [5, 5.41) is 19.9. The molecule has 7 heteroatoms. The number of fused-ring (bicyclic) bond motifs is 1. The van der Waals surface area contributed by atoms with Gasteiger partial charge in [0.1, 0.15) is 23.7 Å². The van der Waals surface area contributed by atoms with Crippen LogP contribution in [0, 0.1) is 0 Å². The summed E-state index contributed by atoms with van der Waals surface area (Å²) in [6, 6.07) is 16.0. The van der Waals surface area contributed by atoms with Crippen molar-refractivity contribution in [1.82, 2.24) is 0 Å². The SMILES string of the molecule is O=C(O)c1cc(OCCS(=O)(=O)c2cccc3ccccc23)ccc1O. The first-order valence-electron chi connectivity index (χ1n) is 7.78. The standard InChI is InChI=1S/C19H16O6S/c20-17-9-8-14(12-16(17)19(21)22)25-10-11-26(23,24)18-7-3-5-13-4-1-2-6-15(13)18/h1-9,12,20H,10-11H2,(H,21,22). The van der Waals surface area contributed by atoms with Gasteiger partial charge in [0.2, 0.25) is 0 Å². The molecule has 0 aliphatic heterocycles. The zero-order chi connectivity index (χ0) is 18.7. The number of aromatic carboxylic acids is 1. The number of sulfone groups is 1. The van der Waals surface area contributed by atoms with Crippen LogP contribution >= 0.6 is 0 Å². The molecule has 3 rings (SSSR count). The van der Waals surface area contributed by atoms with Crippen LogP contribution < -0.4 is 4.74 Å². The Morgan fingerprint density at radius 3 is 2.50 bits per heavy atom. The number of benzene rings is 3. The van der Waals surface area contributed by atoms with E-state index in [2.05, 4.69) is 0 Å². The molecule has 0 saturated carbocycles. The first-order chi connectivity index (χ1) is 12.4. The van der Waals surface area contributed by atoms with E-state index >= 15 is 0 Å². The van der Waals surface area contributed by atoms with Crippen molar-refractivity contribution in [3.63, 3.8) is 0 Å². The number of hydrogen-bond donors (Lipinski definition) is 2. The Morgan fingerprint density at radius 1 is 1.00 bits per heavy atom. The molecule has 3 aromatic rings. The fourth-order valence-electron chi connectivity index (χ4n) is 2.62. The first kappa shape index (κ1) is 17.8. The zero-order valence-corrected chi connectivity index (χ0v) is 14.4. The average molecular weight is 372 g/mol. The highest BCUT2D eigenvalue weighted by Crippen LogP contribution is 2.25. The molecular weight excluding hydrogens is 356 g/mol. The van der Waals surface area contributed by atoms with Crippen LogP contribution in [0.5, 0.6) is 11.5 Å². The molecule has 0 atom stereocenters. The molecule has 3 aromatic carbocycles. The normalized spacial score (nSPS) is 11.4. The van der Waals surface area contributed by atoms with Gasteiger partial charge in [-0.2, -0.15) is 0 Å². The summed E-state index contributed by atoms with van der Waals surface area (Å²) in [7, 11) is -3.58. The van der Waals surface area contributed by atoms with Crippen molar-refractivity contribution in [3.8, 4) is 11.5 Å². The Morgan fingerprint density at radius 2 is 1.73 bits per heavy atom. The lowest BCUT2D eigenvalue weighted by atomic mass is 10.1. The number of carbonyl (C=O) groups is 1. The van der Waals surface area contributed by atoms with Crippen molar-refractivity contribution >= 4 is 26.6 Å². The Balaban J connectivity index is 1.77. The second-order valence-corrected chi connectivity index (χ2v) is 7.71. The minimum absolute atomic E-state index is 0.143. The summed E-state index contributed by atoms with van der Waals surface area (Å²) < 4.78 is 30.7. The van der Waals surface area contributed by atoms with E-state index in [1.807, 2.05) is 18.2 Å². The zero-order valence-electron chi connectivity index (χ0n) is 13.6. The fourth-order valence-corrected chi connectivity index (χ4v) is 3.95. The van der Waals surface area contributed by atoms with Gasteiger partial charge < -0.3 is 14.9 Å². The lowest BCUT2D eigenvalue weighted by Crippen LogP contribution is -2.14. The summed E-state index contributed by atoms with van der Waals surface area (Å²) in [6.45, 7) is -0.143. The molecule has 2 N–H and O–H groups in total. The Labute approximate surface area is 150 Å². The van der Waals surface area contributed by atoms with Gasteiger partial charge in [0.05, 0.1) is 10.6 Å². The molecule has 0 aromatic heterocycles. The molecule has 134 valence electrons. The van der Waals surface area contributed by atoms with E-state index in [1.165, 1.54) is 12.1 Å². The summed E-state index contributed by atoms with van der Waals surface area (Å²) in [5.74, 6) is -1.76. The predicted octanol–water partition coefficient (Wildman–Crippen LogP) is 3.10. The van der Waals surface area contributed by atoms with Gasteiger partial charge >= 0.3 is 5.97 Å². The van der Waals surface area contributed by atoms with Gasteiger partial charge in [-0.05, 0) is 29.7 Å². The molecule has 0 unspecified atom stereocenters. The molecule has 0 amide bonds. The molecule has 0 aliphatic carbocycles. The molecule has 6 nitrogen and oxygen atoms in total. The van der Waals surface area contributed by atoms with E-state index in [-0.39, 0.29) is 34.3 Å². The van der Waals surface area contributed by atoms with E-state index in [0.29, 0.717) is 5.39 Å². The maximum atomic E-state index is 12.7. The number of phenols is 1. The van der Waals surface area contributed by atoms with Gasteiger partial charge in [-0.3, -0.25) is 0 Å². The summed E-state index contributed by atoms with van der Waals surface area (Å²) in [5.41, 5.74) is -0.306. The Bertz CT molecular complexity index is 1070. The van der Waals surface area contributed by atoms with Crippen LogP contribution in [0.15, 0.2) is 65.6 Å². The van der Waals surface area contributed by atoms with Crippen molar-refractivity contribution in [2.24, 2.45) is 0 Å². The van der Waals surface area contributed by atoms with Gasteiger partial charge in [0, 0.05) is 5.39 Å². The fraction of sp³-hybridized carbons (Fsp3) is 0.105. The van der Waals surface area contributed by atoms with E-state index < -0.39 is 15.8 Å². The molecule has 0 radical (unpaired) electrons. The highest BCUT2D eigenvalue weighted by Gasteiger charge is 2.18. The van der Waals surface area contributed by atoms with Crippen LogP contribution in [-0.2, 0) is 9.84 Å². The van der Waals surface area contributed by atoms with Crippen LogP contribution in [0.2, 0.25) is 0 Å². The van der Waals surface area contributed by atoms with Crippen LogP contribution in [-0.4, -0.2) is 37.0 Å². The van der Waals surface area contributed by atoms with E-state index in [0.717, 1.165) is 11.5 Å². The quantitative estimate of drug-likeness (QED) is 0.689. The van der Waals surface area contributed by atoms with Crippen LogP contribution in [0.25, 0.3) is 10.8 Å². The maximum Gasteiger partial charge on any atom is 0.339 e. The number of aromatic hydroxyl groups is 1. The molecule has 0 bridgehead atoms. The van der Waals surface area contributed by atoms with E-state index in [9.17, 15) is 18.3 Å². The molecular formula is C19H16O6S. The molecule has 0 saturated heterocycles. The van der Waals surface area contributed by atoms with Crippen molar-refractivity contribution in [1.29, 1.82) is 0 Å². The van der Waals surface area contributed by atoms with Crippen LogP contribution in [0.3, 0.4) is 0 Å². The van der Waals surface area contributed by atoms with Gasteiger partial charge in [-0.25, -0.2) is 13.2 Å². The van der Waals surface area contributed by atoms with E-state index in [1.54, 1.807) is 24.3 Å². The Kier molecular flexibility index (Phi) is 4.81. The second-order valence-electron chi connectivity index (χ2n) is 5.63. The molecule has 0 heterocycles. The summed E-state index contributed by atoms with van der Waals surface area (Å²) in [6.07, 6.45) is 0. The van der Waals surface area contributed by atoms with Gasteiger partial charge in [0.15, 0.2) is 9.84 Å². The van der Waals surface area contributed by atoms with Crippen LogP contribution in [0.4, 0.5) is 0 Å². The second kappa shape index (κ2) is 7.05. The van der Waals surface area contributed by atoms with Gasteiger partial charge in [-0.1, -0.05) is 36.4 Å². The van der Waals surface area contributed by atoms with Crippen molar-refractivity contribution in [3.05, 3.63) is 66.2 Å². The lowest BCUT2D eigenvalue weighted by molar-refractivity contribution is 0.0693. The summed E-state index contributed by atoms with van der Waals surface area (Å²) in [4.78, 5) is 11.2. The maximum absolute atomic E-state index is 12.7. The topological polar surface area (TPSA) is 101 Å². The lowest BCUT2D eigenvalue weighted by Gasteiger charge is -2.10. The molecule has 0 aliphatic rings. The third-order valence-corrected chi connectivity index (χ3v) is 5.63. The van der Waals surface area contributed by atoms with Crippen molar-refractivity contribution in [2.45, 2.75) is 4.90 Å². The molecule has 0 spiro atoms. The first-order valence-corrected chi connectivity index (χ1v) is 9.43. The minimum Gasteiger partial charge on any atom is -0.507 e. The number of hydrogen-bond acceptors (Lipinski definition) is 5. The highest BCUT2D eigenvalue weighted by molar-refractivity contribution is 7.91. The van der Waals surface area contributed by atoms with Crippen LogP contribution in [0.1, 0.15) is 10.4 Å². The monoisotopic (exact) mass is 372 g/mol. The Hall–Kier alpha value is -3.06.